The van der Waals surface area contributed by atoms with Gasteiger partial charge in [-0.25, -0.2) is 9.48 Å². The summed E-state index contributed by atoms with van der Waals surface area (Å²) < 4.78 is 2.41. The zero-order chi connectivity index (χ0) is 40.9. The molecule has 0 N–H and O–H groups in total. The van der Waals surface area contributed by atoms with E-state index < -0.39 is 0 Å². The van der Waals surface area contributed by atoms with Crippen molar-refractivity contribution in [3.8, 4) is 0 Å². The first-order valence-corrected chi connectivity index (χ1v) is 20.3. The summed E-state index contributed by atoms with van der Waals surface area (Å²) in [6, 6.07) is 18.2. The van der Waals surface area contributed by atoms with Crippen LogP contribution < -0.4 is 135 Å². The van der Waals surface area contributed by atoms with Crippen LogP contribution in [0.5, 0.6) is 0 Å². The normalized spacial score (nSPS) is 12.1. The largest absolute Gasteiger partial charge is 1.00 e. The standard InChI is InChI=1S/2C21H27N2.CH2O3.CH4.3ClH.2Cu.2K.H/c2*1-14-9-16(3)20(17(4)10-14)22-7-8-23(13-22)21-18(5)11-15(2)12-19(21)6;2-1-4-3;;;;;;;;;/h2*9-13H,7-8H2,1-6H3;1,3H;1H4;3*1H;;;;;/q-1;+1;;;;;;+1;+2;2*+1;-1/p-4. The smallest absolute Gasteiger partial charge is 1.00 e. The van der Waals surface area contributed by atoms with Gasteiger partial charge in [0.15, 0.2) is 0 Å². The van der Waals surface area contributed by atoms with Crippen LogP contribution in [0.2, 0.25) is 0 Å². The van der Waals surface area contributed by atoms with Crippen molar-refractivity contribution in [2.75, 3.05) is 40.9 Å². The number of aryl methyl sites for hydroxylation is 12. The number of hydrogen-bond donors (Lipinski definition) is 0. The SMILES string of the molecule is C.Cc1cc(C)c(N2C=[N+](c3c(C)cc(C)cc3C)CC2)c(C)c1.Cc1cc(C)c(N2[CH-]N(c3c(C)cc(C)cc3C)CC2)c(C)c1.O=CO[O-].[Cl-].[Cl][Cu+].[Cl][Cu].[H-].[K+].[K+]. The van der Waals surface area contributed by atoms with E-state index in [2.05, 4.69) is 219 Å². The number of rotatable bonds is 5. The van der Waals surface area contributed by atoms with Gasteiger partial charge in [0.05, 0.1) is 0 Å². The van der Waals surface area contributed by atoms with E-state index in [1.54, 1.807) is 0 Å². The van der Waals surface area contributed by atoms with Crippen molar-refractivity contribution < 1.29 is 166 Å². The summed E-state index contributed by atoms with van der Waals surface area (Å²) in [4.78, 5) is 18.5. The van der Waals surface area contributed by atoms with Gasteiger partial charge >= 0.3 is 153 Å². The molecule has 0 spiro atoms. The fourth-order valence-electron chi connectivity index (χ4n) is 8.18. The van der Waals surface area contributed by atoms with E-state index >= 15 is 0 Å². The maximum Gasteiger partial charge on any atom is 1.00 e. The maximum absolute atomic E-state index is 8.64. The van der Waals surface area contributed by atoms with Crippen molar-refractivity contribution in [2.45, 2.75) is 90.5 Å². The summed E-state index contributed by atoms with van der Waals surface area (Å²) in [5, 5.41) is 8.43. The Labute approximate surface area is 468 Å². The Hall–Kier alpha value is 0.562. The molecule has 0 unspecified atom stereocenters. The van der Waals surface area contributed by atoms with E-state index in [1.165, 1.54) is 89.5 Å². The minimum Gasteiger partial charge on any atom is -1.00 e. The van der Waals surface area contributed by atoms with Gasteiger partial charge in [-0.3, -0.25) is 4.79 Å². The zero-order valence-corrected chi connectivity index (χ0v) is 46.3. The van der Waals surface area contributed by atoms with Crippen LogP contribution in [-0.4, -0.2) is 43.6 Å². The first-order chi connectivity index (χ1) is 25.6. The molecule has 58 heavy (non-hydrogen) atoms. The van der Waals surface area contributed by atoms with Crippen LogP contribution in [0.4, 0.5) is 22.7 Å². The Kier molecular flexibility index (Phi) is 34.0. The van der Waals surface area contributed by atoms with E-state index in [1.807, 2.05) is 0 Å². The second kappa shape index (κ2) is 31.4. The Morgan fingerprint density at radius 3 is 1.21 bits per heavy atom. The number of benzene rings is 4. The average Bonchev–Trinajstić information content (AvgIpc) is 3.76. The van der Waals surface area contributed by atoms with Crippen LogP contribution in [0.1, 0.15) is 75.6 Å². The molecule has 4 aromatic rings. The zero-order valence-electron chi connectivity index (χ0n) is 36.9. The van der Waals surface area contributed by atoms with Gasteiger partial charge in [-0.1, -0.05) is 78.2 Å². The molecule has 1 fully saturated rings. The number of hydrogen-bond acceptors (Lipinski definition) is 6. The molecule has 7 nitrogen and oxygen atoms in total. The Bertz CT molecular complexity index is 1790. The minimum absolute atomic E-state index is 0. The molecular weight excluding hydrogens is 944 g/mol. The number of halogens is 3. The monoisotopic (exact) mass is 1000 g/mol. The van der Waals surface area contributed by atoms with Gasteiger partial charge < -0.3 is 33.8 Å². The van der Waals surface area contributed by atoms with Crippen molar-refractivity contribution in [1.29, 1.82) is 0 Å². The molecule has 0 aliphatic carbocycles. The number of anilines is 3. The summed E-state index contributed by atoms with van der Waals surface area (Å²) in [5.74, 6) is 0. The number of carbonyl (C=O) groups excluding carboxylic acids is 1. The third-order valence-electron chi connectivity index (χ3n) is 9.45. The molecule has 2 aliphatic rings. The Morgan fingerprint density at radius 2 is 0.914 bits per heavy atom. The molecular formula is C44H60Cl3Cu2K2N4O3. The fraction of sp³-hybridized carbons (Fsp3) is 0.386. The summed E-state index contributed by atoms with van der Waals surface area (Å²) in [5.41, 5.74) is 21.7. The van der Waals surface area contributed by atoms with Gasteiger partial charge in [0.1, 0.15) is 24.5 Å². The summed E-state index contributed by atoms with van der Waals surface area (Å²) in [6.45, 7) is 32.7. The topological polar surface area (TPSA) is 62.1 Å². The van der Waals surface area contributed by atoms with Gasteiger partial charge in [0.2, 0.25) is 6.34 Å². The van der Waals surface area contributed by atoms with Crippen molar-refractivity contribution in [3.05, 3.63) is 122 Å². The van der Waals surface area contributed by atoms with E-state index in [4.69, 9.17) is 10.1 Å². The fourth-order valence-corrected chi connectivity index (χ4v) is 8.18. The van der Waals surface area contributed by atoms with E-state index in [-0.39, 0.29) is 131 Å². The molecule has 0 atom stereocenters. The van der Waals surface area contributed by atoms with Crippen LogP contribution in [-0.2, 0) is 39.9 Å². The summed E-state index contributed by atoms with van der Waals surface area (Å²) in [6.07, 6.45) is 2.29. The number of carbonyl (C=O) groups is 1. The van der Waals surface area contributed by atoms with Crippen molar-refractivity contribution >= 4 is 55.8 Å². The molecule has 2 heterocycles. The van der Waals surface area contributed by atoms with Gasteiger partial charge in [-0.2, -0.15) is 6.67 Å². The van der Waals surface area contributed by atoms with Gasteiger partial charge in [-0.15, -0.1) is 0 Å². The van der Waals surface area contributed by atoms with Crippen molar-refractivity contribution in [2.24, 2.45) is 0 Å². The van der Waals surface area contributed by atoms with Crippen LogP contribution in [0.15, 0.2) is 48.5 Å². The van der Waals surface area contributed by atoms with Gasteiger partial charge in [0, 0.05) is 24.5 Å². The predicted octanol–water partition coefficient (Wildman–Crippen LogP) is 1.28. The second-order valence-electron chi connectivity index (χ2n) is 14.2. The van der Waals surface area contributed by atoms with Crippen molar-refractivity contribution in [3.63, 3.8) is 0 Å². The molecule has 0 aromatic heterocycles. The van der Waals surface area contributed by atoms with Crippen LogP contribution in [0.3, 0.4) is 0 Å². The quantitative estimate of drug-likeness (QED) is 0.0752. The summed E-state index contributed by atoms with van der Waals surface area (Å²) in [7, 11) is 8.40. The van der Waals surface area contributed by atoms with Crippen LogP contribution in [0.25, 0.3) is 0 Å². The number of nitrogens with zero attached hydrogens (tertiary/aromatic N) is 4. The molecule has 0 amide bonds. The van der Waals surface area contributed by atoms with E-state index in [0.29, 0.717) is 0 Å². The minimum atomic E-state index is -0.181. The predicted molar refractivity (Wildman–Crippen MR) is 226 cm³/mol. The third-order valence-corrected chi connectivity index (χ3v) is 9.45. The Morgan fingerprint density at radius 1 is 0.638 bits per heavy atom. The molecule has 0 saturated carbocycles. The molecule has 14 heteroatoms. The average molecular weight is 1000 g/mol. The van der Waals surface area contributed by atoms with Crippen molar-refractivity contribution in [1.82, 2.24) is 0 Å². The Balaban J connectivity index is -0.000000407. The molecule has 0 radical (unpaired) electrons. The first kappa shape index (κ1) is 62.9. The first-order valence-electron chi connectivity index (χ1n) is 17.7. The van der Waals surface area contributed by atoms with E-state index in [0.717, 1.165) is 26.2 Å². The van der Waals surface area contributed by atoms with Gasteiger partial charge in [0.25, 0.3) is 6.47 Å². The molecule has 4 aromatic carbocycles. The second-order valence-corrected chi connectivity index (χ2v) is 14.2. The van der Waals surface area contributed by atoms with Crippen LogP contribution in [0, 0.1) is 89.8 Å². The molecule has 1 saturated heterocycles. The molecule has 319 valence electrons. The molecule has 2 aliphatic heterocycles. The van der Waals surface area contributed by atoms with Crippen LogP contribution >= 0.6 is 20.2 Å². The van der Waals surface area contributed by atoms with E-state index in [9.17, 15) is 0 Å². The molecule has 6 rings (SSSR count). The van der Waals surface area contributed by atoms with Gasteiger partial charge in [-0.05, 0) is 128 Å². The molecule has 0 bridgehead atoms. The summed E-state index contributed by atoms with van der Waals surface area (Å²) >= 11 is 7.32. The third kappa shape index (κ3) is 17.6. The maximum atomic E-state index is 8.64.